The lowest BCUT2D eigenvalue weighted by atomic mass is 10.2. The van der Waals surface area contributed by atoms with Crippen molar-refractivity contribution in [1.82, 2.24) is 0 Å². The van der Waals surface area contributed by atoms with Crippen molar-refractivity contribution in [2.24, 2.45) is 5.73 Å². The number of ether oxygens (including phenoxy) is 1. The number of halogens is 3. The lowest BCUT2D eigenvalue weighted by molar-refractivity contribution is 0.440. The molecule has 2 rings (SSSR count). The first kappa shape index (κ1) is 13.9. The number of thiocarbonyl (C=S) groups is 1. The highest BCUT2D eigenvalue weighted by atomic mass is 79.9. The molecule has 0 atom stereocenters. The van der Waals surface area contributed by atoms with Crippen LogP contribution in [0.2, 0.25) is 0 Å². The van der Waals surface area contributed by atoms with Gasteiger partial charge in [0.15, 0.2) is 11.6 Å². The molecule has 0 aliphatic carbocycles. The Labute approximate surface area is 122 Å². The molecule has 0 spiro atoms. The molecule has 0 fully saturated rings. The molecule has 2 nitrogen and oxygen atoms in total. The van der Waals surface area contributed by atoms with E-state index in [4.69, 9.17) is 22.7 Å². The molecule has 2 N–H and O–H groups in total. The molecule has 0 saturated heterocycles. The lowest BCUT2D eigenvalue weighted by Crippen LogP contribution is -2.11. The van der Waals surface area contributed by atoms with E-state index in [0.29, 0.717) is 4.47 Å². The molecule has 0 saturated carbocycles. The maximum atomic E-state index is 13.6. The van der Waals surface area contributed by atoms with E-state index in [2.05, 4.69) is 15.9 Å². The van der Waals surface area contributed by atoms with E-state index in [1.54, 1.807) is 6.07 Å². The number of rotatable bonds is 3. The normalized spacial score (nSPS) is 10.3. The van der Waals surface area contributed by atoms with Gasteiger partial charge >= 0.3 is 0 Å². The number of benzene rings is 2. The Morgan fingerprint density at radius 3 is 2.53 bits per heavy atom. The number of hydrogen-bond donors (Lipinski definition) is 1. The quantitative estimate of drug-likeness (QED) is 0.850. The predicted molar refractivity (Wildman–Crippen MR) is 76.5 cm³/mol. The third kappa shape index (κ3) is 3.27. The molecule has 0 bridgehead atoms. The molecular weight excluding hydrogens is 336 g/mol. The minimum absolute atomic E-state index is 0.00140. The lowest BCUT2D eigenvalue weighted by Gasteiger charge is -2.11. The van der Waals surface area contributed by atoms with E-state index in [1.165, 1.54) is 24.3 Å². The van der Waals surface area contributed by atoms with Crippen molar-refractivity contribution in [3.63, 3.8) is 0 Å². The van der Waals surface area contributed by atoms with Gasteiger partial charge < -0.3 is 10.5 Å². The Kier molecular flexibility index (Phi) is 4.11. The molecule has 19 heavy (non-hydrogen) atoms. The first-order chi connectivity index (χ1) is 8.97. The van der Waals surface area contributed by atoms with Crippen LogP contribution in [0.25, 0.3) is 0 Å². The van der Waals surface area contributed by atoms with Crippen molar-refractivity contribution in [2.75, 3.05) is 0 Å². The smallest absolute Gasteiger partial charge is 0.165 e. The second-order valence-corrected chi connectivity index (χ2v) is 5.04. The molecule has 0 aliphatic rings. The fraction of sp³-hybridized carbons (Fsp3) is 0. The Morgan fingerprint density at radius 1 is 1.11 bits per heavy atom. The average Bonchev–Trinajstić information content (AvgIpc) is 2.35. The Bertz CT molecular complexity index is 649. The van der Waals surface area contributed by atoms with Gasteiger partial charge in [-0.25, -0.2) is 8.78 Å². The minimum atomic E-state index is -0.540. The van der Waals surface area contributed by atoms with Crippen LogP contribution in [0.1, 0.15) is 5.56 Å². The van der Waals surface area contributed by atoms with Gasteiger partial charge in [-0.2, -0.15) is 0 Å². The van der Waals surface area contributed by atoms with Gasteiger partial charge in [0.25, 0.3) is 0 Å². The maximum absolute atomic E-state index is 13.6. The van der Waals surface area contributed by atoms with Gasteiger partial charge in [-0.05, 0) is 36.4 Å². The van der Waals surface area contributed by atoms with Crippen LogP contribution in [-0.4, -0.2) is 4.99 Å². The van der Waals surface area contributed by atoms with Crippen LogP contribution in [0.5, 0.6) is 11.5 Å². The first-order valence-corrected chi connectivity index (χ1v) is 6.40. The van der Waals surface area contributed by atoms with E-state index in [9.17, 15) is 8.78 Å². The third-order valence-corrected chi connectivity index (χ3v) is 3.03. The van der Waals surface area contributed by atoms with Crippen molar-refractivity contribution in [3.05, 3.63) is 58.1 Å². The third-order valence-electron chi connectivity index (χ3n) is 2.32. The molecule has 6 heteroatoms. The summed E-state index contributed by atoms with van der Waals surface area (Å²) >= 11 is 8.02. The zero-order chi connectivity index (χ0) is 14.0. The summed E-state index contributed by atoms with van der Waals surface area (Å²) in [6.45, 7) is 0. The van der Waals surface area contributed by atoms with Crippen molar-refractivity contribution >= 4 is 33.1 Å². The molecule has 2 aromatic rings. The van der Waals surface area contributed by atoms with E-state index >= 15 is 0 Å². The van der Waals surface area contributed by atoms with Gasteiger partial charge in [0.1, 0.15) is 16.6 Å². The Hall–Kier alpha value is -1.53. The molecule has 98 valence electrons. The summed E-state index contributed by atoms with van der Waals surface area (Å²) in [5.74, 6) is -0.837. The van der Waals surface area contributed by atoms with Gasteiger partial charge in [-0.1, -0.05) is 28.1 Å². The maximum Gasteiger partial charge on any atom is 0.165 e. The molecule has 0 heterocycles. The summed E-state index contributed by atoms with van der Waals surface area (Å²) < 4.78 is 32.8. The highest BCUT2D eigenvalue weighted by molar-refractivity contribution is 9.10. The molecule has 2 aromatic carbocycles. The Balaban J connectivity index is 2.43. The molecule has 0 radical (unpaired) electrons. The minimum Gasteiger partial charge on any atom is -0.454 e. The van der Waals surface area contributed by atoms with Crippen molar-refractivity contribution in [3.8, 4) is 11.5 Å². The van der Waals surface area contributed by atoms with Crippen LogP contribution in [0.4, 0.5) is 8.78 Å². The highest BCUT2D eigenvalue weighted by Gasteiger charge is 2.12. The summed E-state index contributed by atoms with van der Waals surface area (Å²) in [4.78, 5) is -0.0232. The summed E-state index contributed by atoms with van der Waals surface area (Å²) in [6, 6.07) is 7.94. The van der Waals surface area contributed by atoms with E-state index in [1.807, 2.05) is 0 Å². The standard InChI is InChI=1S/C13H8BrF2NOS/c14-7-1-3-10(16)12(5-7)18-11-4-2-8(15)6-9(11)13(17)19/h1-6H,(H2,17,19). The summed E-state index contributed by atoms with van der Waals surface area (Å²) in [5.41, 5.74) is 5.70. The molecule has 0 unspecified atom stereocenters. The van der Waals surface area contributed by atoms with Crippen molar-refractivity contribution in [1.29, 1.82) is 0 Å². The fourth-order valence-corrected chi connectivity index (χ4v) is 1.96. The van der Waals surface area contributed by atoms with E-state index in [0.717, 1.165) is 6.07 Å². The second-order valence-electron chi connectivity index (χ2n) is 3.68. The number of nitrogens with two attached hydrogens (primary N) is 1. The van der Waals surface area contributed by atoms with Gasteiger partial charge in [-0.3, -0.25) is 0 Å². The van der Waals surface area contributed by atoms with Gasteiger partial charge in [-0.15, -0.1) is 0 Å². The zero-order valence-corrected chi connectivity index (χ0v) is 11.9. The molecule has 0 aliphatic heterocycles. The topological polar surface area (TPSA) is 35.2 Å². The Morgan fingerprint density at radius 2 is 1.84 bits per heavy atom. The fourth-order valence-electron chi connectivity index (χ4n) is 1.46. The van der Waals surface area contributed by atoms with Crippen molar-refractivity contribution < 1.29 is 13.5 Å². The molecule has 0 aromatic heterocycles. The van der Waals surface area contributed by atoms with Gasteiger partial charge in [0.05, 0.1) is 5.56 Å². The molecular formula is C13H8BrF2NOS. The van der Waals surface area contributed by atoms with Crippen molar-refractivity contribution in [2.45, 2.75) is 0 Å². The van der Waals surface area contributed by atoms with Crippen LogP contribution in [0.3, 0.4) is 0 Å². The van der Waals surface area contributed by atoms with Crippen LogP contribution in [-0.2, 0) is 0 Å². The summed E-state index contributed by atoms with van der Waals surface area (Å²) in [5, 5.41) is 0. The molecule has 0 amide bonds. The monoisotopic (exact) mass is 343 g/mol. The largest absolute Gasteiger partial charge is 0.454 e. The van der Waals surface area contributed by atoms with Crippen LogP contribution in [0, 0.1) is 11.6 Å². The first-order valence-electron chi connectivity index (χ1n) is 5.19. The van der Waals surface area contributed by atoms with E-state index in [-0.39, 0.29) is 22.1 Å². The van der Waals surface area contributed by atoms with E-state index < -0.39 is 11.6 Å². The second kappa shape index (κ2) is 5.63. The zero-order valence-electron chi connectivity index (χ0n) is 9.49. The SMILES string of the molecule is NC(=S)c1cc(F)ccc1Oc1cc(Br)ccc1F. The van der Waals surface area contributed by atoms with Crippen LogP contribution < -0.4 is 10.5 Å². The van der Waals surface area contributed by atoms with Crippen LogP contribution >= 0.6 is 28.1 Å². The van der Waals surface area contributed by atoms with Gasteiger partial charge in [0, 0.05) is 4.47 Å². The highest BCUT2D eigenvalue weighted by Crippen LogP contribution is 2.30. The average molecular weight is 344 g/mol. The predicted octanol–water partition coefficient (Wildman–Crippen LogP) is 4.15. The summed E-state index contributed by atoms with van der Waals surface area (Å²) in [7, 11) is 0. The summed E-state index contributed by atoms with van der Waals surface area (Å²) in [6.07, 6.45) is 0. The number of hydrogen-bond acceptors (Lipinski definition) is 2. The van der Waals surface area contributed by atoms with Crippen LogP contribution in [0.15, 0.2) is 40.9 Å². The van der Waals surface area contributed by atoms with Gasteiger partial charge in [0.2, 0.25) is 0 Å².